The molecule has 5 N–H and O–H groups in total. The minimum atomic E-state index is -1.73. The lowest BCUT2D eigenvalue weighted by Crippen LogP contribution is -2.24. The second-order valence-corrected chi connectivity index (χ2v) is 4.79. The molecule has 0 unspecified atom stereocenters. The second-order valence-electron chi connectivity index (χ2n) is 4.79. The number of nitrogen functional groups attached to an aromatic ring is 1. The van der Waals surface area contributed by atoms with Crippen LogP contribution < -0.4 is 20.8 Å². The first-order chi connectivity index (χ1) is 11.3. The molecule has 1 aromatic heterocycles. The fraction of sp³-hybridized carbons (Fsp3) is 0.0714. The number of aromatic nitrogens is 1. The number of nitrogens with one attached hydrogen (secondary N) is 1. The lowest BCUT2D eigenvalue weighted by Gasteiger charge is -2.13. The number of carboxylic acids is 2. The Morgan fingerprint density at radius 1 is 1.12 bits per heavy atom. The smallest absolute Gasteiger partial charge is 0.342 e. The van der Waals surface area contributed by atoms with Crippen molar-refractivity contribution in [3.05, 3.63) is 39.4 Å². The van der Waals surface area contributed by atoms with Crippen molar-refractivity contribution in [1.29, 1.82) is 0 Å². The summed E-state index contributed by atoms with van der Waals surface area (Å²) >= 11 is 0. The Morgan fingerprint density at radius 2 is 1.71 bits per heavy atom. The zero-order valence-corrected chi connectivity index (χ0v) is 11.8. The average molecular weight is 336 g/mol. The number of rotatable bonds is 3. The van der Waals surface area contributed by atoms with Gasteiger partial charge in [0, 0.05) is 17.2 Å². The van der Waals surface area contributed by atoms with Gasteiger partial charge in [-0.3, -0.25) is 4.79 Å². The molecule has 0 aliphatic carbocycles. The van der Waals surface area contributed by atoms with Crippen LogP contribution in [0, 0.1) is 5.82 Å². The minimum absolute atomic E-state index is 0.0720. The highest BCUT2D eigenvalue weighted by Gasteiger charge is 2.30. The van der Waals surface area contributed by atoms with Gasteiger partial charge < -0.3 is 30.4 Å². The summed E-state index contributed by atoms with van der Waals surface area (Å²) in [7, 11) is 0. The summed E-state index contributed by atoms with van der Waals surface area (Å²) in [6.07, 6.45) is 0. The van der Waals surface area contributed by atoms with E-state index < -0.39 is 51.4 Å². The molecule has 0 saturated heterocycles. The van der Waals surface area contributed by atoms with Crippen molar-refractivity contribution in [2.45, 2.75) is 0 Å². The maximum Gasteiger partial charge on any atom is 0.342 e. The second kappa shape index (κ2) is 5.26. The number of hydrogen-bond donors (Lipinski definition) is 4. The first kappa shape index (κ1) is 15.3. The Labute approximate surface area is 132 Å². The van der Waals surface area contributed by atoms with E-state index in [0.29, 0.717) is 0 Å². The van der Waals surface area contributed by atoms with Gasteiger partial charge in [-0.05, 0) is 6.07 Å². The van der Waals surface area contributed by atoms with E-state index in [9.17, 15) is 29.0 Å². The molecule has 2 heterocycles. The van der Waals surface area contributed by atoms with E-state index in [1.807, 2.05) is 4.98 Å². The van der Waals surface area contributed by atoms with Crippen LogP contribution in [-0.2, 0) is 0 Å². The maximum atomic E-state index is 14.4. The van der Waals surface area contributed by atoms with Crippen LogP contribution in [0.15, 0.2) is 16.9 Å². The van der Waals surface area contributed by atoms with Crippen molar-refractivity contribution in [1.82, 2.24) is 4.98 Å². The number of anilines is 1. The number of aromatic carboxylic acids is 2. The molecule has 2 aromatic rings. The summed E-state index contributed by atoms with van der Waals surface area (Å²) in [5.41, 5.74) is 1.55. The molecule has 0 atom stereocenters. The number of benzene rings is 1. The number of carbonyl (C=O) groups is 2. The number of hydrogen-bond acceptors (Lipinski definition) is 6. The molecule has 124 valence electrons. The summed E-state index contributed by atoms with van der Waals surface area (Å²) in [5, 5.41) is 18.6. The normalized spacial score (nSPS) is 12.2. The van der Waals surface area contributed by atoms with Crippen LogP contribution in [-0.4, -0.2) is 33.9 Å². The van der Waals surface area contributed by atoms with Gasteiger partial charge in [-0.25, -0.2) is 14.0 Å². The molecule has 3 rings (SSSR count). The third-order valence-electron chi connectivity index (χ3n) is 3.40. The Morgan fingerprint density at radius 3 is 2.29 bits per heavy atom. The lowest BCUT2D eigenvalue weighted by atomic mass is 9.94. The molecule has 0 saturated carbocycles. The number of pyridine rings is 1. The van der Waals surface area contributed by atoms with Crippen LogP contribution in [0.3, 0.4) is 0 Å². The predicted octanol–water partition coefficient (Wildman–Crippen LogP) is 0.888. The Bertz CT molecular complexity index is 951. The van der Waals surface area contributed by atoms with Gasteiger partial charge in [0.2, 0.25) is 6.79 Å². The van der Waals surface area contributed by atoms with Gasteiger partial charge in [-0.15, -0.1) is 0 Å². The molecular formula is C14H9FN2O7. The van der Waals surface area contributed by atoms with Crippen molar-refractivity contribution >= 4 is 17.8 Å². The van der Waals surface area contributed by atoms with Crippen molar-refractivity contribution in [2.24, 2.45) is 0 Å². The SMILES string of the molecule is Nc1[nH]c(=O)c(C(=O)O)c(-c2cc3c(cc2F)OCO3)c1C(=O)O. The zero-order valence-electron chi connectivity index (χ0n) is 11.8. The third kappa shape index (κ3) is 2.20. The van der Waals surface area contributed by atoms with Crippen LogP contribution in [0.1, 0.15) is 20.7 Å². The fourth-order valence-electron chi connectivity index (χ4n) is 2.42. The molecule has 10 heteroatoms. The number of H-pyrrole nitrogens is 1. The summed E-state index contributed by atoms with van der Waals surface area (Å²) in [6.45, 7) is -0.173. The summed E-state index contributed by atoms with van der Waals surface area (Å²) < 4.78 is 24.5. The third-order valence-corrected chi connectivity index (χ3v) is 3.40. The topological polar surface area (TPSA) is 152 Å². The van der Waals surface area contributed by atoms with Crippen LogP contribution in [0.2, 0.25) is 0 Å². The highest BCUT2D eigenvalue weighted by Crippen LogP contribution is 2.40. The molecule has 0 amide bonds. The van der Waals surface area contributed by atoms with Crippen molar-refractivity contribution < 1.29 is 33.7 Å². The van der Waals surface area contributed by atoms with E-state index in [1.165, 1.54) is 0 Å². The van der Waals surface area contributed by atoms with Gasteiger partial charge in [-0.1, -0.05) is 0 Å². The van der Waals surface area contributed by atoms with Crippen LogP contribution in [0.5, 0.6) is 11.5 Å². The van der Waals surface area contributed by atoms with Gasteiger partial charge in [0.1, 0.15) is 22.8 Å². The molecule has 1 aliphatic heterocycles. The molecule has 24 heavy (non-hydrogen) atoms. The molecule has 0 radical (unpaired) electrons. The Balaban J connectivity index is 2.45. The monoisotopic (exact) mass is 336 g/mol. The molecule has 0 fully saturated rings. The number of nitrogens with two attached hydrogens (primary N) is 1. The van der Waals surface area contributed by atoms with Crippen LogP contribution >= 0.6 is 0 Å². The minimum Gasteiger partial charge on any atom is -0.478 e. The highest BCUT2D eigenvalue weighted by atomic mass is 19.1. The number of ether oxygens (including phenoxy) is 2. The number of aromatic amines is 1. The Hall–Kier alpha value is -3.56. The first-order valence-electron chi connectivity index (χ1n) is 6.43. The van der Waals surface area contributed by atoms with E-state index in [-0.39, 0.29) is 18.3 Å². The number of halogens is 1. The van der Waals surface area contributed by atoms with Crippen molar-refractivity contribution in [3.63, 3.8) is 0 Å². The van der Waals surface area contributed by atoms with Crippen molar-refractivity contribution in [2.75, 3.05) is 12.5 Å². The molecule has 1 aromatic carbocycles. The highest BCUT2D eigenvalue weighted by molar-refractivity contribution is 6.07. The van der Waals surface area contributed by atoms with E-state index in [2.05, 4.69) is 0 Å². The van der Waals surface area contributed by atoms with E-state index >= 15 is 0 Å². The summed E-state index contributed by atoms with van der Waals surface area (Å²) in [4.78, 5) is 36.7. The maximum absolute atomic E-state index is 14.4. The van der Waals surface area contributed by atoms with E-state index in [4.69, 9.17) is 15.2 Å². The molecule has 1 aliphatic rings. The quantitative estimate of drug-likeness (QED) is 0.645. The van der Waals surface area contributed by atoms with E-state index in [1.54, 1.807) is 0 Å². The van der Waals surface area contributed by atoms with Gasteiger partial charge in [0.15, 0.2) is 11.5 Å². The van der Waals surface area contributed by atoms with Gasteiger partial charge in [0.25, 0.3) is 5.56 Å². The van der Waals surface area contributed by atoms with Gasteiger partial charge in [0.05, 0.1) is 0 Å². The van der Waals surface area contributed by atoms with Crippen LogP contribution in [0.25, 0.3) is 11.1 Å². The fourth-order valence-corrected chi connectivity index (χ4v) is 2.42. The number of carboxylic acid groups (broad SMARTS) is 2. The zero-order chi connectivity index (χ0) is 17.6. The Kier molecular flexibility index (Phi) is 3.36. The van der Waals surface area contributed by atoms with Gasteiger partial charge >= 0.3 is 11.9 Å². The van der Waals surface area contributed by atoms with Gasteiger partial charge in [-0.2, -0.15) is 0 Å². The summed E-state index contributed by atoms with van der Waals surface area (Å²) in [5.74, 6) is -4.79. The number of fused-ring (bicyclic) bond motifs is 1. The van der Waals surface area contributed by atoms with E-state index in [0.717, 1.165) is 12.1 Å². The standard InChI is InChI=1S/C14H9FN2O7/c15-5-2-7-6(23-3-24-7)1-4(5)8-9(13(19)20)11(16)17-12(18)10(8)14(21)22/h1-2H,3H2,(H,19,20)(H,21,22)(H3,16,17,18). The average Bonchev–Trinajstić information content (AvgIpc) is 2.91. The first-order valence-corrected chi connectivity index (χ1v) is 6.43. The summed E-state index contributed by atoms with van der Waals surface area (Å²) in [6, 6.07) is 1.97. The molecule has 0 bridgehead atoms. The van der Waals surface area contributed by atoms with Crippen molar-refractivity contribution in [3.8, 4) is 22.6 Å². The molecule has 9 nitrogen and oxygen atoms in total. The lowest BCUT2D eigenvalue weighted by molar-refractivity contribution is 0.0695. The largest absolute Gasteiger partial charge is 0.478 e. The molecule has 0 spiro atoms. The van der Waals surface area contributed by atoms with Crippen LogP contribution in [0.4, 0.5) is 10.2 Å². The predicted molar refractivity (Wildman–Crippen MR) is 76.9 cm³/mol. The molecular weight excluding hydrogens is 327 g/mol.